The highest BCUT2D eigenvalue weighted by molar-refractivity contribution is 5.87. The largest absolute Gasteiger partial charge is 0.350 e. The zero-order chi connectivity index (χ0) is 12.9. The third-order valence-corrected chi connectivity index (χ3v) is 3.09. The molecule has 17 heavy (non-hydrogen) atoms. The molecule has 0 aliphatic rings. The first-order valence-electron chi connectivity index (χ1n) is 7.17. The molecule has 0 saturated heterocycles. The fourth-order valence-electron chi connectivity index (χ4n) is 1.99. The Hall–Kier alpha value is -0.790. The highest BCUT2D eigenvalue weighted by Gasteiger charge is 2.09. The second-order valence-corrected chi connectivity index (χ2v) is 4.75. The number of amides is 1. The molecule has 100 valence electrons. The van der Waals surface area contributed by atoms with Crippen LogP contribution in [0.15, 0.2) is 12.7 Å². The topological polar surface area (TPSA) is 29.1 Å². The van der Waals surface area contributed by atoms with Crippen molar-refractivity contribution in [2.24, 2.45) is 0 Å². The summed E-state index contributed by atoms with van der Waals surface area (Å²) in [5, 5.41) is 3.04. The molecule has 1 N–H and O–H groups in total. The van der Waals surface area contributed by atoms with E-state index in [9.17, 15) is 4.79 Å². The van der Waals surface area contributed by atoms with E-state index in [-0.39, 0.29) is 5.91 Å². The van der Waals surface area contributed by atoms with Gasteiger partial charge in [-0.15, -0.1) is 0 Å². The lowest BCUT2D eigenvalue weighted by Crippen LogP contribution is -2.33. The van der Waals surface area contributed by atoms with Crippen molar-refractivity contribution in [1.29, 1.82) is 0 Å². The third kappa shape index (κ3) is 10.1. The van der Waals surface area contributed by atoms with Crippen LogP contribution in [0.4, 0.5) is 0 Å². The fourth-order valence-corrected chi connectivity index (χ4v) is 1.99. The Morgan fingerprint density at radius 3 is 2.24 bits per heavy atom. The predicted molar refractivity (Wildman–Crippen MR) is 75.0 cm³/mol. The molecule has 1 amide bonds. The van der Waals surface area contributed by atoms with E-state index in [1.807, 2.05) is 0 Å². The molecular weight excluding hydrogens is 210 g/mol. The first-order valence-corrected chi connectivity index (χ1v) is 7.17. The van der Waals surface area contributed by atoms with E-state index in [1.54, 1.807) is 0 Å². The van der Waals surface area contributed by atoms with E-state index in [0.29, 0.717) is 6.04 Å². The zero-order valence-corrected chi connectivity index (χ0v) is 11.6. The highest BCUT2D eigenvalue weighted by Crippen LogP contribution is 2.11. The van der Waals surface area contributed by atoms with Crippen LogP contribution in [0, 0.1) is 0 Å². The smallest absolute Gasteiger partial charge is 0.243 e. The summed E-state index contributed by atoms with van der Waals surface area (Å²) < 4.78 is 0. The number of unbranched alkanes of at least 4 members (excludes halogenated alkanes) is 5. The number of carbonyl (C=O) groups excluding carboxylic acids is 1. The quantitative estimate of drug-likeness (QED) is 0.425. The van der Waals surface area contributed by atoms with Crippen LogP contribution in [0.25, 0.3) is 0 Å². The molecule has 0 aromatic carbocycles. The second-order valence-electron chi connectivity index (χ2n) is 4.75. The summed E-state index contributed by atoms with van der Waals surface area (Å²) in [6.07, 6.45) is 12.4. The normalized spacial score (nSPS) is 12.1. The molecule has 2 heteroatoms. The van der Waals surface area contributed by atoms with Crippen LogP contribution in [0.2, 0.25) is 0 Å². The minimum absolute atomic E-state index is 0.0281. The molecule has 0 aromatic rings. The van der Waals surface area contributed by atoms with Crippen LogP contribution in [-0.4, -0.2) is 11.9 Å². The van der Waals surface area contributed by atoms with Crippen molar-refractivity contribution in [1.82, 2.24) is 5.32 Å². The van der Waals surface area contributed by atoms with E-state index in [4.69, 9.17) is 0 Å². The number of hydrogen-bond donors (Lipinski definition) is 1. The van der Waals surface area contributed by atoms with Gasteiger partial charge in [0, 0.05) is 6.04 Å². The highest BCUT2D eigenvalue weighted by atomic mass is 16.1. The summed E-state index contributed by atoms with van der Waals surface area (Å²) in [5.74, 6) is -0.0281. The predicted octanol–water partition coefficient (Wildman–Crippen LogP) is 4.21. The summed E-state index contributed by atoms with van der Waals surface area (Å²) in [7, 11) is 0. The van der Waals surface area contributed by atoms with Crippen molar-refractivity contribution in [2.75, 3.05) is 0 Å². The molecule has 0 heterocycles. The van der Waals surface area contributed by atoms with Crippen LogP contribution in [-0.2, 0) is 4.79 Å². The van der Waals surface area contributed by atoms with Crippen molar-refractivity contribution < 1.29 is 4.79 Å². The Balaban J connectivity index is 3.76. The van der Waals surface area contributed by atoms with E-state index in [1.165, 1.54) is 51.0 Å². The summed E-state index contributed by atoms with van der Waals surface area (Å²) in [4.78, 5) is 11.3. The first-order chi connectivity index (χ1) is 8.24. The van der Waals surface area contributed by atoms with Gasteiger partial charge in [0.05, 0.1) is 0 Å². The Kier molecular flexibility index (Phi) is 11.1. The van der Waals surface area contributed by atoms with Crippen LogP contribution in [0.5, 0.6) is 0 Å². The maximum absolute atomic E-state index is 11.3. The zero-order valence-electron chi connectivity index (χ0n) is 11.6. The lowest BCUT2D eigenvalue weighted by atomic mass is 10.0. The van der Waals surface area contributed by atoms with Gasteiger partial charge in [-0.1, -0.05) is 65.4 Å². The average molecular weight is 239 g/mol. The summed E-state index contributed by atoms with van der Waals surface area (Å²) in [5.41, 5.74) is 0. The maximum Gasteiger partial charge on any atom is 0.243 e. The van der Waals surface area contributed by atoms with Gasteiger partial charge >= 0.3 is 0 Å². The van der Waals surface area contributed by atoms with Gasteiger partial charge in [0.1, 0.15) is 0 Å². The molecule has 0 aliphatic heterocycles. The third-order valence-electron chi connectivity index (χ3n) is 3.09. The van der Waals surface area contributed by atoms with Crippen LogP contribution in [0.3, 0.4) is 0 Å². The maximum atomic E-state index is 11.3. The number of hydrogen-bond acceptors (Lipinski definition) is 1. The molecule has 0 saturated carbocycles. The Morgan fingerprint density at radius 1 is 1.06 bits per heavy atom. The molecule has 1 unspecified atom stereocenters. The van der Waals surface area contributed by atoms with E-state index >= 15 is 0 Å². The monoisotopic (exact) mass is 239 g/mol. The Labute approximate surface area is 107 Å². The van der Waals surface area contributed by atoms with Crippen molar-refractivity contribution in [3.63, 3.8) is 0 Å². The van der Waals surface area contributed by atoms with Gasteiger partial charge in [-0.05, 0) is 18.9 Å². The van der Waals surface area contributed by atoms with Gasteiger partial charge < -0.3 is 5.32 Å². The van der Waals surface area contributed by atoms with Gasteiger partial charge in [0.25, 0.3) is 0 Å². The number of carbonyl (C=O) groups is 1. The molecule has 0 fully saturated rings. The van der Waals surface area contributed by atoms with E-state index in [2.05, 4.69) is 25.7 Å². The van der Waals surface area contributed by atoms with Crippen molar-refractivity contribution in [3.05, 3.63) is 12.7 Å². The number of rotatable bonds is 11. The SMILES string of the molecule is C=CC(=O)NC(CCCC)CCCCCCC. The van der Waals surface area contributed by atoms with E-state index < -0.39 is 0 Å². The minimum Gasteiger partial charge on any atom is -0.350 e. The van der Waals surface area contributed by atoms with Crippen LogP contribution >= 0.6 is 0 Å². The summed E-state index contributed by atoms with van der Waals surface area (Å²) >= 11 is 0. The van der Waals surface area contributed by atoms with Gasteiger partial charge in [-0.2, -0.15) is 0 Å². The van der Waals surface area contributed by atoms with E-state index in [0.717, 1.165) is 12.8 Å². The molecule has 0 rings (SSSR count). The number of nitrogens with one attached hydrogen (secondary N) is 1. The molecule has 0 aromatic heterocycles. The van der Waals surface area contributed by atoms with Crippen molar-refractivity contribution in [3.8, 4) is 0 Å². The fraction of sp³-hybridized carbons (Fsp3) is 0.800. The molecule has 2 nitrogen and oxygen atoms in total. The second kappa shape index (κ2) is 11.7. The molecule has 0 spiro atoms. The lowest BCUT2D eigenvalue weighted by Gasteiger charge is -2.17. The van der Waals surface area contributed by atoms with Crippen molar-refractivity contribution >= 4 is 5.91 Å². The molecule has 0 bridgehead atoms. The Bertz CT molecular complexity index is 201. The van der Waals surface area contributed by atoms with Gasteiger partial charge in [-0.3, -0.25) is 4.79 Å². The lowest BCUT2D eigenvalue weighted by molar-refractivity contribution is -0.117. The van der Waals surface area contributed by atoms with Crippen LogP contribution < -0.4 is 5.32 Å². The molecule has 1 atom stereocenters. The molecule has 0 aliphatic carbocycles. The summed E-state index contributed by atoms with van der Waals surface area (Å²) in [6.45, 7) is 7.92. The first kappa shape index (κ1) is 16.2. The van der Waals surface area contributed by atoms with Gasteiger partial charge in [-0.25, -0.2) is 0 Å². The van der Waals surface area contributed by atoms with Crippen molar-refractivity contribution in [2.45, 2.75) is 77.7 Å². The summed E-state index contributed by atoms with van der Waals surface area (Å²) in [6, 6.07) is 0.349. The minimum atomic E-state index is -0.0281. The van der Waals surface area contributed by atoms with Crippen LogP contribution in [0.1, 0.15) is 71.6 Å². The molecular formula is C15H29NO. The Morgan fingerprint density at radius 2 is 1.65 bits per heavy atom. The molecule has 0 radical (unpaired) electrons. The van der Waals surface area contributed by atoms with Gasteiger partial charge in [0.15, 0.2) is 0 Å². The standard InChI is InChI=1S/C15H29NO/c1-4-7-9-10-11-13-14(12-8-5-2)16-15(17)6-3/h6,14H,3-5,7-13H2,1-2H3,(H,16,17). The average Bonchev–Trinajstić information content (AvgIpc) is 2.35. The van der Waals surface area contributed by atoms with Gasteiger partial charge in [0.2, 0.25) is 5.91 Å².